The Bertz CT molecular complexity index is 681. The number of carboxylic acids is 1. The molecule has 7 heteroatoms. The van der Waals surface area contributed by atoms with Crippen molar-refractivity contribution in [2.24, 2.45) is 5.92 Å². The van der Waals surface area contributed by atoms with Gasteiger partial charge in [-0.2, -0.15) is 4.98 Å². The van der Waals surface area contributed by atoms with Crippen LogP contribution >= 0.6 is 0 Å². The fraction of sp³-hybridized carbons (Fsp3) is 0.286. The Kier molecular flexibility index (Phi) is 3.47. The quantitative estimate of drug-likeness (QED) is 0.873. The van der Waals surface area contributed by atoms with Gasteiger partial charge >= 0.3 is 5.97 Å². The second-order valence-electron chi connectivity index (χ2n) is 4.81. The first kappa shape index (κ1) is 13.4. The number of hydrogen-bond acceptors (Lipinski definition) is 5. The average molecular weight is 289 g/mol. The molecule has 0 saturated heterocycles. The lowest BCUT2D eigenvalue weighted by molar-refractivity contribution is -0.142. The first-order valence-electron chi connectivity index (χ1n) is 6.48. The Hall–Kier alpha value is -2.57. The van der Waals surface area contributed by atoms with E-state index in [1.165, 1.54) is 12.1 Å². The van der Waals surface area contributed by atoms with Crippen LogP contribution in [-0.2, 0) is 4.79 Å². The molecule has 2 aromatic rings. The zero-order chi connectivity index (χ0) is 14.8. The molecule has 0 aromatic carbocycles. The van der Waals surface area contributed by atoms with Gasteiger partial charge in [0.1, 0.15) is 11.5 Å². The lowest BCUT2D eigenvalue weighted by atomic mass is 9.83. The zero-order valence-corrected chi connectivity index (χ0v) is 10.9. The van der Waals surface area contributed by atoms with Crippen molar-refractivity contribution in [3.63, 3.8) is 0 Å². The SMILES string of the molecule is O=C(O)[C@H]1CC=CC[C@H]1c1nc(-c2ccc(F)cn2)no1. The first-order chi connectivity index (χ1) is 10.1. The third-order valence-corrected chi connectivity index (χ3v) is 3.47. The van der Waals surface area contributed by atoms with Crippen molar-refractivity contribution in [2.45, 2.75) is 18.8 Å². The van der Waals surface area contributed by atoms with Crippen molar-refractivity contribution >= 4 is 5.97 Å². The molecular formula is C14H12FN3O3. The van der Waals surface area contributed by atoms with Crippen molar-refractivity contribution in [1.29, 1.82) is 0 Å². The Morgan fingerprint density at radius 3 is 2.86 bits per heavy atom. The molecule has 2 atom stereocenters. The van der Waals surface area contributed by atoms with Crippen molar-refractivity contribution in [2.75, 3.05) is 0 Å². The molecule has 2 heterocycles. The monoisotopic (exact) mass is 289 g/mol. The molecule has 0 saturated carbocycles. The third-order valence-electron chi connectivity index (χ3n) is 3.47. The van der Waals surface area contributed by atoms with Gasteiger partial charge in [-0.25, -0.2) is 9.37 Å². The van der Waals surface area contributed by atoms with Gasteiger partial charge in [0.15, 0.2) is 0 Å². The molecule has 0 bridgehead atoms. The maximum atomic E-state index is 12.8. The van der Waals surface area contributed by atoms with Crippen molar-refractivity contribution in [3.8, 4) is 11.5 Å². The van der Waals surface area contributed by atoms with Crippen molar-refractivity contribution < 1.29 is 18.8 Å². The smallest absolute Gasteiger partial charge is 0.307 e. The maximum absolute atomic E-state index is 12.8. The lowest BCUT2D eigenvalue weighted by Gasteiger charge is -2.21. The van der Waals surface area contributed by atoms with Gasteiger partial charge in [-0.1, -0.05) is 17.3 Å². The molecule has 0 spiro atoms. The fourth-order valence-electron chi connectivity index (χ4n) is 2.36. The summed E-state index contributed by atoms with van der Waals surface area (Å²) in [6, 6.07) is 2.70. The Labute approximate surface area is 119 Å². The highest BCUT2D eigenvalue weighted by atomic mass is 19.1. The first-order valence-corrected chi connectivity index (χ1v) is 6.48. The van der Waals surface area contributed by atoms with Gasteiger partial charge in [-0.3, -0.25) is 4.79 Å². The number of aromatic nitrogens is 3. The minimum atomic E-state index is -0.885. The summed E-state index contributed by atoms with van der Waals surface area (Å²) < 4.78 is 18.0. The molecule has 2 aromatic heterocycles. The van der Waals surface area contributed by atoms with E-state index in [4.69, 9.17) is 4.52 Å². The zero-order valence-electron chi connectivity index (χ0n) is 10.9. The molecule has 21 heavy (non-hydrogen) atoms. The van der Waals surface area contributed by atoms with Gasteiger partial charge < -0.3 is 9.63 Å². The predicted octanol–water partition coefficient (Wildman–Crippen LogP) is 2.41. The van der Waals surface area contributed by atoms with E-state index in [1.54, 1.807) is 0 Å². The average Bonchev–Trinajstić information content (AvgIpc) is 2.97. The van der Waals surface area contributed by atoms with Crippen molar-refractivity contribution in [1.82, 2.24) is 15.1 Å². The molecule has 108 valence electrons. The van der Waals surface area contributed by atoms with Gasteiger partial charge in [0.05, 0.1) is 18.0 Å². The largest absolute Gasteiger partial charge is 0.481 e. The van der Waals surface area contributed by atoms with Crippen LogP contribution in [0.25, 0.3) is 11.5 Å². The highest BCUT2D eigenvalue weighted by Crippen LogP contribution is 2.34. The molecule has 1 aliphatic rings. The molecule has 1 aliphatic carbocycles. The third kappa shape index (κ3) is 2.67. The van der Waals surface area contributed by atoms with Crippen LogP contribution in [-0.4, -0.2) is 26.2 Å². The minimum absolute atomic E-state index is 0.226. The van der Waals surface area contributed by atoms with Crippen LogP contribution < -0.4 is 0 Å². The number of halogens is 1. The van der Waals surface area contributed by atoms with Crippen LogP contribution in [0.4, 0.5) is 4.39 Å². The van der Waals surface area contributed by atoms with E-state index in [2.05, 4.69) is 15.1 Å². The highest BCUT2D eigenvalue weighted by Gasteiger charge is 2.34. The Morgan fingerprint density at radius 1 is 1.33 bits per heavy atom. The summed E-state index contributed by atoms with van der Waals surface area (Å²) in [5.41, 5.74) is 0.379. The van der Waals surface area contributed by atoms with E-state index in [9.17, 15) is 14.3 Å². The molecule has 1 N–H and O–H groups in total. The molecule has 0 fully saturated rings. The summed E-state index contributed by atoms with van der Waals surface area (Å²) in [6.45, 7) is 0. The van der Waals surface area contributed by atoms with E-state index >= 15 is 0 Å². The summed E-state index contributed by atoms with van der Waals surface area (Å²) in [4.78, 5) is 19.4. The summed E-state index contributed by atoms with van der Waals surface area (Å²) in [7, 11) is 0. The normalized spacial score (nSPS) is 21.4. The number of aliphatic carboxylic acids is 1. The molecule has 0 aliphatic heterocycles. The second-order valence-corrected chi connectivity index (χ2v) is 4.81. The minimum Gasteiger partial charge on any atom is -0.481 e. The second kappa shape index (κ2) is 5.43. The molecule has 0 unspecified atom stereocenters. The maximum Gasteiger partial charge on any atom is 0.307 e. The van der Waals surface area contributed by atoms with Gasteiger partial charge in [0.2, 0.25) is 11.7 Å². The van der Waals surface area contributed by atoms with Crippen molar-refractivity contribution in [3.05, 3.63) is 42.2 Å². The summed E-state index contributed by atoms with van der Waals surface area (Å²) in [6.07, 6.45) is 5.79. The van der Waals surface area contributed by atoms with E-state index < -0.39 is 17.7 Å². The van der Waals surface area contributed by atoms with Crippen LogP contribution in [0, 0.1) is 11.7 Å². The Morgan fingerprint density at radius 2 is 2.14 bits per heavy atom. The van der Waals surface area contributed by atoms with Gasteiger partial charge in [0, 0.05) is 0 Å². The number of allylic oxidation sites excluding steroid dienone is 2. The standard InChI is InChI=1S/C14H12FN3O3/c15-8-5-6-11(16-7-8)12-17-13(21-18-12)9-3-1-2-4-10(9)14(19)20/h1-2,5-7,9-10H,3-4H2,(H,19,20)/t9-,10+/m1/s1. The van der Waals surface area contributed by atoms with E-state index in [0.717, 1.165) is 6.20 Å². The van der Waals surface area contributed by atoms with Gasteiger partial charge in [0.25, 0.3) is 0 Å². The number of hydrogen-bond donors (Lipinski definition) is 1. The molecule has 3 rings (SSSR count). The van der Waals surface area contributed by atoms with Crippen LogP contribution in [0.2, 0.25) is 0 Å². The number of pyridine rings is 1. The van der Waals surface area contributed by atoms with Crippen LogP contribution in [0.1, 0.15) is 24.7 Å². The number of rotatable bonds is 3. The van der Waals surface area contributed by atoms with Crippen LogP contribution in [0.15, 0.2) is 35.0 Å². The summed E-state index contributed by atoms with van der Waals surface area (Å²) >= 11 is 0. The topological polar surface area (TPSA) is 89.1 Å². The predicted molar refractivity (Wildman–Crippen MR) is 69.7 cm³/mol. The lowest BCUT2D eigenvalue weighted by Crippen LogP contribution is -2.23. The van der Waals surface area contributed by atoms with Gasteiger partial charge in [-0.15, -0.1) is 0 Å². The number of carboxylic acid groups (broad SMARTS) is 1. The van der Waals surface area contributed by atoms with Crippen LogP contribution in [0.5, 0.6) is 0 Å². The molecule has 0 amide bonds. The number of nitrogens with zero attached hydrogens (tertiary/aromatic N) is 3. The van der Waals surface area contributed by atoms with E-state index in [-0.39, 0.29) is 17.6 Å². The molecule has 6 nitrogen and oxygen atoms in total. The molecule has 0 radical (unpaired) electrons. The fourth-order valence-corrected chi connectivity index (χ4v) is 2.36. The number of carbonyl (C=O) groups is 1. The summed E-state index contributed by atoms with van der Waals surface area (Å²) in [5, 5.41) is 13.0. The van der Waals surface area contributed by atoms with Gasteiger partial charge in [-0.05, 0) is 25.0 Å². The van der Waals surface area contributed by atoms with E-state index in [1.807, 2.05) is 12.2 Å². The highest BCUT2D eigenvalue weighted by molar-refractivity contribution is 5.71. The summed E-state index contributed by atoms with van der Waals surface area (Å²) in [5.74, 6) is -1.77. The van der Waals surface area contributed by atoms with E-state index in [0.29, 0.717) is 18.5 Å². The Balaban J connectivity index is 1.88. The molecular weight excluding hydrogens is 277 g/mol. The van der Waals surface area contributed by atoms with Crippen LogP contribution in [0.3, 0.4) is 0 Å².